The lowest BCUT2D eigenvalue weighted by molar-refractivity contribution is -0.113. The highest BCUT2D eigenvalue weighted by Crippen LogP contribution is 2.39. The number of fused-ring (bicyclic) bond motifs is 3. The van der Waals surface area contributed by atoms with Crippen molar-refractivity contribution < 1.29 is 9.53 Å². The van der Waals surface area contributed by atoms with Gasteiger partial charge in [-0.1, -0.05) is 18.7 Å². The van der Waals surface area contributed by atoms with Gasteiger partial charge in [0, 0.05) is 22.4 Å². The normalized spacial score (nSPS) is 13.4. The number of ether oxygens (including phenoxy) is 1. The number of carbonyl (C=O) groups excluding carboxylic acids is 1. The molecule has 0 bridgehead atoms. The first kappa shape index (κ1) is 19.2. The minimum atomic E-state index is -0.0379. The van der Waals surface area contributed by atoms with E-state index in [0.717, 1.165) is 46.4 Å². The van der Waals surface area contributed by atoms with Gasteiger partial charge in [0.2, 0.25) is 5.91 Å². The van der Waals surface area contributed by atoms with Gasteiger partial charge in [0.25, 0.3) is 0 Å². The van der Waals surface area contributed by atoms with Crippen LogP contribution in [0.4, 0.5) is 5.69 Å². The van der Waals surface area contributed by atoms with Gasteiger partial charge in [0.05, 0.1) is 12.9 Å². The average molecular weight is 414 g/mol. The number of thiophene rings is 1. The molecule has 0 radical (unpaired) electrons. The zero-order valence-corrected chi connectivity index (χ0v) is 17.7. The lowest BCUT2D eigenvalue weighted by Gasteiger charge is -2.12. The standard InChI is InChI=1S/C21H23N3O2S2/c1-3-17-23-20(19-15-6-4-5-7-16(15)28-21(19)24-17)27-12-18(25)22-13-8-10-14(26-2)11-9-13/h8-11H,3-7,12H2,1-2H3,(H,22,25). The Labute approximate surface area is 172 Å². The van der Waals surface area contributed by atoms with Gasteiger partial charge >= 0.3 is 0 Å². The fraction of sp³-hybridized carbons (Fsp3) is 0.381. The summed E-state index contributed by atoms with van der Waals surface area (Å²) in [5, 5.41) is 5.07. The molecule has 7 heteroatoms. The molecule has 0 spiro atoms. The molecule has 146 valence electrons. The van der Waals surface area contributed by atoms with Gasteiger partial charge in [-0.25, -0.2) is 9.97 Å². The highest BCUT2D eigenvalue weighted by molar-refractivity contribution is 8.00. The summed E-state index contributed by atoms with van der Waals surface area (Å²) in [6.45, 7) is 2.07. The number of rotatable bonds is 6. The van der Waals surface area contributed by atoms with E-state index in [9.17, 15) is 4.79 Å². The van der Waals surface area contributed by atoms with E-state index >= 15 is 0 Å². The van der Waals surface area contributed by atoms with Gasteiger partial charge in [-0.05, 0) is 55.5 Å². The van der Waals surface area contributed by atoms with Crippen molar-refractivity contribution in [1.82, 2.24) is 9.97 Å². The largest absolute Gasteiger partial charge is 0.497 e. The van der Waals surface area contributed by atoms with Gasteiger partial charge < -0.3 is 10.1 Å². The number of nitrogens with one attached hydrogen (secondary N) is 1. The predicted molar refractivity (Wildman–Crippen MR) is 116 cm³/mol. The Morgan fingerprint density at radius 1 is 1.21 bits per heavy atom. The van der Waals surface area contributed by atoms with Gasteiger partial charge in [0.1, 0.15) is 21.4 Å². The van der Waals surface area contributed by atoms with Crippen LogP contribution in [-0.2, 0) is 24.1 Å². The molecule has 1 aliphatic carbocycles. The fourth-order valence-corrected chi connectivity index (χ4v) is 5.65. The van der Waals surface area contributed by atoms with Crippen molar-refractivity contribution in [3.05, 3.63) is 40.5 Å². The van der Waals surface area contributed by atoms with Crippen LogP contribution >= 0.6 is 23.1 Å². The molecule has 0 fully saturated rings. The van der Waals surface area contributed by atoms with Crippen LogP contribution in [0.1, 0.15) is 36.0 Å². The summed E-state index contributed by atoms with van der Waals surface area (Å²) < 4.78 is 5.15. The molecule has 0 unspecified atom stereocenters. The van der Waals surface area contributed by atoms with E-state index in [0.29, 0.717) is 5.75 Å². The van der Waals surface area contributed by atoms with Crippen LogP contribution in [0.2, 0.25) is 0 Å². The summed E-state index contributed by atoms with van der Waals surface area (Å²) >= 11 is 3.32. The third kappa shape index (κ3) is 4.00. The van der Waals surface area contributed by atoms with E-state index in [1.165, 1.54) is 40.4 Å². The summed E-state index contributed by atoms with van der Waals surface area (Å²) in [7, 11) is 1.63. The second kappa shape index (κ2) is 8.49. The van der Waals surface area contributed by atoms with E-state index in [4.69, 9.17) is 14.7 Å². The number of anilines is 1. The molecule has 0 aliphatic heterocycles. The van der Waals surface area contributed by atoms with E-state index < -0.39 is 0 Å². The smallest absolute Gasteiger partial charge is 0.234 e. The van der Waals surface area contributed by atoms with Gasteiger partial charge in [0.15, 0.2) is 0 Å². The topological polar surface area (TPSA) is 64.1 Å². The van der Waals surface area contributed by atoms with E-state index in [1.54, 1.807) is 18.4 Å². The van der Waals surface area contributed by atoms with Crippen LogP contribution in [0.5, 0.6) is 5.75 Å². The molecular weight excluding hydrogens is 390 g/mol. The lowest BCUT2D eigenvalue weighted by atomic mass is 9.97. The number of benzene rings is 1. The minimum absolute atomic E-state index is 0.0379. The van der Waals surface area contributed by atoms with Crippen LogP contribution in [0.25, 0.3) is 10.2 Å². The first-order valence-electron chi connectivity index (χ1n) is 9.55. The molecule has 3 aromatic rings. The molecule has 28 heavy (non-hydrogen) atoms. The quantitative estimate of drug-likeness (QED) is 0.461. The maximum atomic E-state index is 12.5. The molecule has 1 aromatic carbocycles. The van der Waals surface area contributed by atoms with E-state index in [2.05, 4.69) is 12.2 Å². The maximum absolute atomic E-state index is 12.5. The Morgan fingerprint density at radius 2 is 2.00 bits per heavy atom. The monoisotopic (exact) mass is 413 g/mol. The summed E-state index contributed by atoms with van der Waals surface area (Å²) in [5.74, 6) is 1.91. The molecule has 2 heterocycles. The Balaban J connectivity index is 1.53. The zero-order chi connectivity index (χ0) is 19.5. The molecule has 4 rings (SSSR count). The molecule has 1 amide bonds. The number of thioether (sulfide) groups is 1. The first-order chi connectivity index (χ1) is 13.7. The number of amides is 1. The van der Waals surface area contributed by atoms with Crippen molar-refractivity contribution in [3.63, 3.8) is 0 Å². The van der Waals surface area contributed by atoms with Crippen LogP contribution in [0.15, 0.2) is 29.3 Å². The summed E-state index contributed by atoms with van der Waals surface area (Å²) in [4.78, 5) is 24.5. The molecule has 0 saturated carbocycles. The van der Waals surface area contributed by atoms with Crippen LogP contribution in [-0.4, -0.2) is 28.7 Å². The van der Waals surface area contributed by atoms with Gasteiger partial charge in [-0.3, -0.25) is 4.79 Å². The SMILES string of the molecule is CCc1nc(SCC(=O)Nc2ccc(OC)cc2)c2c3c(sc2n1)CCCC3. The average Bonchev–Trinajstić information content (AvgIpc) is 3.11. The number of carbonyl (C=O) groups is 1. The molecule has 1 N–H and O–H groups in total. The second-order valence-corrected chi connectivity index (χ2v) is 8.80. The third-order valence-corrected chi connectivity index (χ3v) is 7.02. The Bertz CT molecular complexity index is 999. The second-order valence-electron chi connectivity index (χ2n) is 6.75. The van der Waals surface area contributed by atoms with Crippen LogP contribution in [0, 0.1) is 0 Å². The number of aromatic nitrogens is 2. The number of hydrogen-bond acceptors (Lipinski definition) is 6. The number of methoxy groups -OCH3 is 1. The number of aryl methyl sites for hydroxylation is 3. The summed E-state index contributed by atoms with van der Waals surface area (Å²) in [6, 6.07) is 7.35. The molecule has 2 aromatic heterocycles. The van der Waals surface area contributed by atoms with Crippen molar-refractivity contribution in [2.45, 2.75) is 44.1 Å². The minimum Gasteiger partial charge on any atom is -0.497 e. The molecular formula is C21H23N3O2S2. The predicted octanol–water partition coefficient (Wildman–Crippen LogP) is 4.87. The Hall–Kier alpha value is -2.12. The van der Waals surface area contributed by atoms with Gasteiger partial charge in [-0.15, -0.1) is 11.3 Å². The molecule has 5 nitrogen and oxygen atoms in total. The highest BCUT2D eigenvalue weighted by Gasteiger charge is 2.21. The number of nitrogens with zero attached hydrogens (tertiary/aromatic N) is 2. The molecule has 0 atom stereocenters. The lowest BCUT2D eigenvalue weighted by Crippen LogP contribution is -2.14. The zero-order valence-electron chi connectivity index (χ0n) is 16.1. The maximum Gasteiger partial charge on any atom is 0.234 e. The van der Waals surface area contributed by atoms with Crippen molar-refractivity contribution in [1.29, 1.82) is 0 Å². The Kier molecular flexibility index (Phi) is 5.82. The van der Waals surface area contributed by atoms with E-state index in [-0.39, 0.29) is 5.91 Å². The van der Waals surface area contributed by atoms with Crippen molar-refractivity contribution in [2.24, 2.45) is 0 Å². The summed E-state index contributed by atoms with van der Waals surface area (Å²) in [5.41, 5.74) is 2.17. The number of hydrogen-bond donors (Lipinski definition) is 1. The van der Waals surface area contributed by atoms with Crippen LogP contribution in [0.3, 0.4) is 0 Å². The van der Waals surface area contributed by atoms with Crippen molar-refractivity contribution in [2.75, 3.05) is 18.2 Å². The molecule has 0 saturated heterocycles. The van der Waals surface area contributed by atoms with Crippen molar-refractivity contribution in [3.8, 4) is 5.75 Å². The van der Waals surface area contributed by atoms with Gasteiger partial charge in [-0.2, -0.15) is 0 Å². The third-order valence-electron chi connectivity index (χ3n) is 4.86. The highest BCUT2D eigenvalue weighted by atomic mass is 32.2. The molecule has 1 aliphatic rings. The van der Waals surface area contributed by atoms with Crippen molar-refractivity contribution >= 4 is 44.9 Å². The summed E-state index contributed by atoms with van der Waals surface area (Å²) in [6.07, 6.45) is 5.50. The fourth-order valence-electron chi connectivity index (χ4n) is 3.43. The first-order valence-corrected chi connectivity index (χ1v) is 11.4. The van der Waals surface area contributed by atoms with E-state index in [1.807, 2.05) is 24.3 Å². The van der Waals surface area contributed by atoms with Crippen LogP contribution < -0.4 is 10.1 Å². The Morgan fingerprint density at radius 3 is 2.75 bits per heavy atom.